The molecule has 0 saturated heterocycles. The Morgan fingerprint density at radius 2 is 1.84 bits per heavy atom. The highest BCUT2D eigenvalue weighted by Gasteiger charge is 2.44. The fourth-order valence-corrected chi connectivity index (χ4v) is 3.19. The number of halogens is 3. The fraction of sp³-hybridized carbons (Fsp3) is 0.350. The molecule has 1 aliphatic rings. The fourth-order valence-electron chi connectivity index (χ4n) is 3.19. The Labute approximate surface area is 145 Å². The summed E-state index contributed by atoms with van der Waals surface area (Å²) in [5, 5.41) is 3.01. The number of carbonyl (C=O) groups excluding carboxylic acids is 1. The normalized spacial score (nSPS) is 19.6. The minimum atomic E-state index is -4.33. The summed E-state index contributed by atoms with van der Waals surface area (Å²) in [7, 11) is 0. The number of hydrogen-bond acceptors (Lipinski definition) is 1. The molecule has 0 heterocycles. The maximum Gasteiger partial charge on any atom is 0.416 e. The van der Waals surface area contributed by atoms with E-state index in [9.17, 15) is 18.0 Å². The van der Waals surface area contributed by atoms with Crippen LogP contribution in [0.25, 0.3) is 0 Å². The molecule has 25 heavy (non-hydrogen) atoms. The lowest BCUT2D eigenvalue weighted by molar-refractivity contribution is -0.137. The molecule has 0 aliphatic heterocycles. The van der Waals surface area contributed by atoms with Gasteiger partial charge in [-0.25, -0.2) is 0 Å². The quantitative estimate of drug-likeness (QED) is 0.797. The van der Waals surface area contributed by atoms with E-state index in [0.29, 0.717) is 6.42 Å². The third-order valence-corrected chi connectivity index (χ3v) is 4.78. The summed E-state index contributed by atoms with van der Waals surface area (Å²) in [4.78, 5) is 12.5. The number of para-hydroxylation sites is 1. The van der Waals surface area contributed by atoms with Gasteiger partial charge >= 0.3 is 6.18 Å². The van der Waals surface area contributed by atoms with E-state index in [0.717, 1.165) is 40.9 Å². The van der Waals surface area contributed by atoms with Gasteiger partial charge in [0.05, 0.1) is 5.56 Å². The van der Waals surface area contributed by atoms with Crippen molar-refractivity contribution >= 4 is 11.6 Å². The number of amides is 1. The predicted octanol–water partition coefficient (Wildman–Crippen LogP) is 5.32. The minimum Gasteiger partial charge on any atom is -0.325 e. The number of anilines is 1. The molecule has 0 aromatic heterocycles. The van der Waals surface area contributed by atoms with Crippen molar-refractivity contribution in [3.8, 4) is 0 Å². The van der Waals surface area contributed by atoms with E-state index in [1.165, 1.54) is 12.1 Å². The van der Waals surface area contributed by atoms with Gasteiger partial charge in [-0.3, -0.25) is 4.79 Å². The van der Waals surface area contributed by atoms with E-state index in [-0.39, 0.29) is 17.7 Å². The van der Waals surface area contributed by atoms with Gasteiger partial charge in [-0.05, 0) is 54.5 Å². The van der Waals surface area contributed by atoms with Crippen molar-refractivity contribution < 1.29 is 18.0 Å². The van der Waals surface area contributed by atoms with Gasteiger partial charge in [-0.1, -0.05) is 37.3 Å². The third kappa shape index (κ3) is 3.70. The largest absolute Gasteiger partial charge is 0.416 e. The Balaban J connectivity index is 1.69. The lowest BCUT2D eigenvalue weighted by atomic mass is 10.0. The average molecular weight is 347 g/mol. The van der Waals surface area contributed by atoms with Crippen LogP contribution in [0.1, 0.15) is 41.5 Å². The Morgan fingerprint density at radius 1 is 1.16 bits per heavy atom. The molecule has 2 unspecified atom stereocenters. The zero-order valence-electron chi connectivity index (χ0n) is 14.2. The first-order valence-electron chi connectivity index (χ1n) is 8.37. The molecule has 3 rings (SSSR count). The maximum absolute atomic E-state index is 12.6. The Kier molecular flexibility index (Phi) is 4.58. The first kappa shape index (κ1) is 17.5. The van der Waals surface area contributed by atoms with Gasteiger partial charge in [-0.2, -0.15) is 13.2 Å². The predicted molar refractivity (Wildman–Crippen MR) is 91.5 cm³/mol. The molecule has 1 N–H and O–H groups in total. The van der Waals surface area contributed by atoms with Gasteiger partial charge in [0.1, 0.15) is 0 Å². The molecule has 1 amide bonds. The second-order valence-corrected chi connectivity index (χ2v) is 6.52. The number of aryl methyl sites for hydroxylation is 2. The van der Waals surface area contributed by atoms with Crippen molar-refractivity contribution in [2.45, 2.75) is 38.8 Å². The molecule has 2 nitrogen and oxygen atoms in total. The van der Waals surface area contributed by atoms with Crippen LogP contribution >= 0.6 is 0 Å². The zero-order valence-corrected chi connectivity index (χ0v) is 14.2. The molecule has 132 valence electrons. The SMILES string of the molecule is CCc1cccc(C)c1NC(=O)C1CC1c1ccc(C(F)(F)F)cc1. The van der Waals surface area contributed by atoms with Crippen molar-refractivity contribution in [3.63, 3.8) is 0 Å². The minimum absolute atomic E-state index is 0.00335. The second kappa shape index (κ2) is 6.54. The van der Waals surface area contributed by atoms with Crippen molar-refractivity contribution in [1.29, 1.82) is 0 Å². The van der Waals surface area contributed by atoms with Gasteiger partial charge in [0, 0.05) is 11.6 Å². The monoisotopic (exact) mass is 347 g/mol. The number of hydrogen-bond donors (Lipinski definition) is 1. The molecule has 0 radical (unpaired) electrons. The first-order valence-corrected chi connectivity index (χ1v) is 8.37. The lowest BCUT2D eigenvalue weighted by Crippen LogP contribution is -2.16. The number of carbonyl (C=O) groups is 1. The first-order chi connectivity index (χ1) is 11.8. The van der Waals surface area contributed by atoms with E-state index in [2.05, 4.69) is 5.32 Å². The van der Waals surface area contributed by atoms with Crippen molar-refractivity contribution in [1.82, 2.24) is 0 Å². The lowest BCUT2D eigenvalue weighted by Gasteiger charge is -2.13. The Morgan fingerprint density at radius 3 is 2.44 bits per heavy atom. The summed E-state index contributed by atoms with van der Waals surface area (Å²) < 4.78 is 37.9. The van der Waals surface area contributed by atoms with E-state index >= 15 is 0 Å². The van der Waals surface area contributed by atoms with E-state index < -0.39 is 11.7 Å². The van der Waals surface area contributed by atoms with Gasteiger partial charge in [-0.15, -0.1) is 0 Å². The van der Waals surface area contributed by atoms with Crippen LogP contribution in [-0.4, -0.2) is 5.91 Å². The highest BCUT2D eigenvalue weighted by Crippen LogP contribution is 2.48. The molecule has 2 aromatic carbocycles. The standard InChI is InChI=1S/C20H20F3NO/c1-3-13-6-4-5-12(2)18(13)24-19(25)17-11-16(17)14-7-9-15(10-8-14)20(21,22)23/h4-10,16-17H,3,11H2,1-2H3,(H,24,25). The Bertz CT molecular complexity index is 781. The van der Waals surface area contributed by atoms with Crippen LogP contribution in [-0.2, 0) is 17.4 Å². The molecule has 1 saturated carbocycles. The second-order valence-electron chi connectivity index (χ2n) is 6.52. The number of alkyl halides is 3. The Hall–Kier alpha value is -2.30. The molecule has 1 aliphatic carbocycles. The summed E-state index contributed by atoms with van der Waals surface area (Å²) >= 11 is 0. The average Bonchev–Trinajstić information content (AvgIpc) is 3.37. The topological polar surface area (TPSA) is 29.1 Å². The van der Waals surface area contributed by atoms with Crippen LogP contribution in [0.5, 0.6) is 0 Å². The molecular weight excluding hydrogens is 327 g/mol. The molecule has 2 aromatic rings. The van der Waals surface area contributed by atoms with E-state index in [1.807, 2.05) is 32.0 Å². The highest BCUT2D eigenvalue weighted by molar-refractivity contribution is 5.96. The molecule has 0 spiro atoms. The van der Waals surface area contributed by atoms with Gasteiger partial charge in [0.15, 0.2) is 0 Å². The maximum atomic E-state index is 12.6. The van der Waals surface area contributed by atoms with Crippen molar-refractivity contribution in [2.24, 2.45) is 5.92 Å². The molecule has 1 fully saturated rings. The number of rotatable bonds is 4. The number of nitrogens with one attached hydrogen (secondary N) is 1. The van der Waals surface area contributed by atoms with E-state index in [1.54, 1.807) is 0 Å². The molecule has 0 bridgehead atoms. The van der Waals surface area contributed by atoms with Crippen molar-refractivity contribution in [3.05, 3.63) is 64.7 Å². The van der Waals surface area contributed by atoms with Crippen LogP contribution in [0.3, 0.4) is 0 Å². The highest BCUT2D eigenvalue weighted by atomic mass is 19.4. The third-order valence-electron chi connectivity index (χ3n) is 4.78. The molecular formula is C20H20F3NO. The summed E-state index contributed by atoms with van der Waals surface area (Å²) in [6.07, 6.45) is -2.84. The van der Waals surface area contributed by atoms with Crippen LogP contribution in [0.2, 0.25) is 0 Å². The summed E-state index contributed by atoms with van der Waals surface area (Å²) in [5.41, 5.74) is 3.08. The van der Waals surface area contributed by atoms with Crippen LogP contribution in [0.15, 0.2) is 42.5 Å². The van der Waals surface area contributed by atoms with Gasteiger partial charge in [0.2, 0.25) is 5.91 Å². The van der Waals surface area contributed by atoms with E-state index in [4.69, 9.17) is 0 Å². The van der Waals surface area contributed by atoms with Gasteiger partial charge < -0.3 is 5.32 Å². The summed E-state index contributed by atoms with van der Waals surface area (Å²) in [6, 6.07) is 11.0. The van der Waals surface area contributed by atoms with Crippen LogP contribution in [0.4, 0.5) is 18.9 Å². The zero-order chi connectivity index (χ0) is 18.2. The van der Waals surface area contributed by atoms with Crippen molar-refractivity contribution in [2.75, 3.05) is 5.32 Å². The smallest absolute Gasteiger partial charge is 0.325 e. The summed E-state index contributed by atoms with van der Waals surface area (Å²) in [6.45, 7) is 3.99. The van der Waals surface area contributed by atoms with Gasteiger partial charge in [0.25, 0.3) is 0 Å². The molecule has 2 atom stereocenters. The number of benzene rings is 2. The van der Waals surface area contributed by atoms with Crippen LogP contribution < -0.4 is 5.32 Å². The van der Waals surface area contributed by atoms with Crippen LogP contribution in [0, 0.1) is 12.8 Å². The summed E-state index contributed by atoms with van der Waals surface area (Å²) in [5.74, 6) is -0.244. The molecule has 5 heteroatoms.